The molecule has 0 amide bonds. The lowest BCUT2D eigenvalue weighted by molar-refractivity contribution is 0.359. The van der Waals surface area contributed by atoms with Crippen LogP contribution in [-0.4, -0.2) is 44.6 Å². The number of nitrogens with zero attached hydrogens (tertiary/aromatic N) is 5. The van der Waals surface area contributed by atoms with Gasteiger partial charge in [0.1, 0.15) is 11.6 Å². The zero-order valence-electron chi connectivity index (χ0n) is 15.0. The molecule has 0 unspecified atom stereocenters. The predicted octanol–water partition coefficient (Wildman–Crippen LogP) is 2.94. The highest BCUT2D eigenvalue weighted by atomic mass is 16.5. The summed E-state index contributed by atoms with van der Waals surface area (Å²) in [6.07, 6.45) is 8.95. The number of ether oxygens (including phenoxy) is 2. The number of imidazole rings is 1. The van der Waals surface area contributed by atoms with E-state index in [9.17, 15) is 0 Å². The molecule has 136 valence electrons. The second-order valence-corrected chi connectivity index (χ2v) is 6.50. The Hall–Kier alpha value is -3.35. The Morgan fingerprint density at radius 1 is 1.07 bits per heavy atom. The van der Waals surface area contributed by atoms with Gasteiger partial charge in [-0.25, -0.2) is 9.97 Å². The van der Waals surface area contributed by atoms with Crippen LogP contribution in [0.3, 0.4) is 0 Å². The molecule has 0 spiro atoms. The van der Waals surface area contributed by atoms with Gasteiger partial charge in [0.05, 0.1) is 18.1 Å². The monoisotopic (exact) mass is 361 g/mol. The van der Waals surface area contributed by atoms with Gasteiger partial charge in [-0.1, -0.05) is 6.08 Å². The van der Waals surface area contributed by atoms with Gasteiger partial charge in [0.2, 0.25) is 5.88 Å². The van der Waals surface area contributed by atoms with Crippen LogP contribution in [0.2, 0.25) is 0 Å². The minimum absolute atomic E-state index is 0.256. The van der Waals surface area contributed by atoms with Crippen molar-refractivity contribution in [3.8, 4) is 17.6 Å². The maximum atomic E-state index is 5.78. The Labute approximate surface area is 156 Å². The fraction of sp³-hybridized carbons (Fsp3) is 0.250. The Morgan fingerprint density at radius 3 is 2.81 bits per heavy atom. The Morgan fingerprint density at radius 2 is 2.00 bits per heavy atom. The molecule has 2 aromatic heterocycles. The van der Waals surface area contributed by atoms with Crippen molar-refractivity contribution in [2.75, 3.05) is 20.2 Å². The molecule has 1 aliphatic carbocycles. The van der Waals surface area contributed by atoms with Crippen molar-refractivity contribution < 1.29 is 9.47 Å². The van der Waals surface area contributed by atoms with Crippen LogP contribution < -0.4 is 9.47 Å². The predicted molar refractivity (Wildman–Crippen MR) is 101 cm³/mol. The number of aromatic nitrogens is 4. The van der Waals surface area contributed by atoms with Gasteiger partial charge in [0.25, 0.3) is 0 Å². The normalized spacial score (nSPS) is 15.7. The second-order valence-electron chi connectivity index (χ2n) is 6.50. The van der Waals surface area contributed by atoms with Crippen LogP contribution in [0, 0.1) is 0 Å². The van der Waals surface area contributed by atoms with Gasteiger partial charge in [0.15, 0.2) is 0 Å². The topological polar surface area (TPSA) is 65.3 Å². The van der Waals surface area contributed by atoms with Crippen molar-refractivity contribution in [1.29, 1.82) is 0 Å². The molecule has 7 heteroatoms. The molecule has 0 saturated heterocycles. The van der Waals surface area contributed by atoms with Gasteiger partial charge < -0.3 is 18.9 Å². The molecule has 0 N–H and O–H groups in total. The number of fused-ring (bicyclic) bond motifs is 3. The summed E-state index contributed by atoms with van der Waals surface area (Å²) in [5, 5.41) is 0. The maximum absolute atomic E-state index is 5.78. The van der Waals surface area contributed by atoms with Gasteiger partial charge in [-0.3, -0.25) is 0 Å². The van der Waals surface area contributed by atoms with E-state index in [0.29, 0.717) is 11.6 Å². The molecule has 27 heavy (non-hydrogen) atoms. The quantitative estimate of drug-likeness (QED) is 0.712. The zero-order chi connectivity index (χ0) is 18.2. The number of methoxy groups -OCH3 is 1. The number of rotatable bonds is 4. The fourth-order valence-corrected chi connectivity index (χ4v) is 3.48. The summed E-state index contributed by atoms with van der Waals surface area (Å²) in [5.74, 6) is 2.25. The third kappa shape index (κ3) is 2.91. The maximum Gasteiger partial charge on any atom is 0.325 e. The molecule has 1 aliphatic heterocycles. The Balaban J connectivity index is 1.40. The third-order valence-corrected chi connectivity index (χ3v) is 4.92. The van der Waals surface area contributed by atoms with E-state index in [1.807, 2.05) is 12.1 Å². The number of allylic oxidation sites excluding steroid dienone is 3. The number of hydrogen-bond donors (Lipinski definition) is 0. The summed E-state index contributed by atoms with van der Waals surface area (Å²) < 4.78 is 13.2. The Bertz CT molecular complexity index is 1070. The van der Waals surface area contributed by atoms with Crippen LogP contribution in [0.1, 0.15) is 5.82 Å². The van der Waals surface area contributed by atoms with Gasteiger partial charge >= 0.3 is 6.01 Å². The SMILES string of the molecule is COc1ccnc(Oc2ccc3c(c2)nc2n3CCN(C3=CC=C3)CC2)n1. The van der Waals surface area contributed by atoms with E-state index in [-0.39, 0.29) is 6.01 Å². The van der Waals surface area contributed by atoms with E-state index < -0.39 is 0 Å². The van der Waals surface area contributed by atoms with Crippen LogP contribution in [0.15, 0.2) is 54.4 Å². The third-order valence-electron chi connectivity index (χ3n) is 4.92. The van der Waals surface area contributed by atoms with E-state index >= 15 is 0 Å². The molecule has 5 rings (SSSR count). The smallest absolute Gasteiger partial charge is 0.325 e. The molecule has 0 saturated carbocycles. The van der Waals surface area contributed by atoms with Crippen LogP contribution in [-0.2, 0) is 13.0 Å². The highest BCUT2D eigenvalue weighted by Crippen LogP contribution is 2.27. The first-order valence-electron chi connectivity index (χ1n) is 8.97. The highest BCUT2D eigenvalue weighted by Gasteiger charge is 2.19. The van der Waals surface area contributed by atoms with Crippen molar-refractivity contribution >= 4 is 11.0 Å². The van der Waals surface area contributed by atoms with Crippen LogP contribution in [0.4, 0.5) is 0 Å². The van der Waals surface area contributed by atoms with Crippen molar-refractivity contribution in [2.24, 2.45) is 0 Å². The zero-order valence-corrected chi connectivity index (χ0v) is 15.0. The average Bonchev–Trinajstić information content (AvgIpc) is 2.87. The first-order valence-corrected chi connectivity index (χ1v) is 8.97. The van der Waals surface area contributed by atoms with Crippen molar-refractivity contribution in [1.82, 2.24) is 24.4 Å². The van der Waals surface area contributed by atoms with E-state index in [4.69, 9.17) is 14.5 Å². The van der Waals surface area contributed by atoms with Crippen LogP contribution >= 0.6 is 0 Å². The van der Waals surface area contributed by atoms with Gasteiger partial charge in [-0.05, 0) is 24.3 Å². The van der Waals surface area contributed by atoms with Gasteiger partial charge in [-0.2, -0.15) is 4.98 Å². The molecule has 1 aromatic carbocycles. The lowest BCUT2D eigenvalue weighted by Crippen LogP contribution is -2.26. The summed E-state index contributed by atoms with van der Waals surface area (Å²) in [4.78, 5) is 15.6. The minimum atomic E-state index is 0.256. The largest absolute Gasteiger partial charge is 0.481 e. The molecular weight excluding hydrogens is 342 g/mol. The molecule has 7 nitrogen and oxygen atoms in total. The van der Waals surface area contributed by atoms with E-state index in [1.165, 1.54) is 5.70 Å². The molecule has 2 aliphatic rings. The summed E-state index contributed by atoms with van der Waals surface area (Å²) in [5.41, 5.74) is 3.38. The highest BCUT2D eigenvalue weighted by molar-refractivity contribution is 5.78. The minimum Gasteiger partial charge on any atom is -0.481 e. The summed E-state index contributed by atoms with van der Waals surface area (Å²) >= 11 is 0. The lowest BCUT2D eigenvalue weighted by Gasteiger charge is -2.25. The standard InChI is InChI=1S/C20H19N5O2/c1-26-19-7-9-21-20(23-19)27-15-5-6-17-16(13-15)22-18-8-10-24(11-12-25(17)18)14-3-2-4-14/h2-7,9,13H,8,10-12H2,1H3. The van der Waals surface area contributed by atoms with E-state index in [2.05, 4.69) is 43.7 Å². The summed E-state index contributed by atoms with van der Waals surface area (Å²) in [6.45, 7) is 2.90. The first-order chi connectivity index (χ1) is 13.3. The number of benzene rings is 1. The van der Waals surface area contributed by atoms with Gasteiger partial charge in [-0.15, -0.1) is 0 Å². The van der Waals surface area contributed by atoms with Crippen LogP contribution in [0.5, 0.6) is 17.6 Å². The molecule has 3 heterocycles. The number of hydrogen-bond acceptors (Lipinski definition) is 6. The van der Waals surface area contributed by atoms with E-state index in [1.54, 1.807) is 19.4 Å². The fourth-order valence-electron chi connectivity index (χ4n) is 3.48. The molecule has 0 radical (unpaired) electrons. The molecule has 3 aromatic rings. The van der Waals surface area contributed by atoms with Crippen molar-refractivity contribution in [3.63, 3.8) is 0 Å². The van der Waals surface area contributed by atoms with Crippen molar-refractivity contribution in [2.45, 2.75) is 13.0 Å². The second kappa shape index (κ2) is 6.42. The molecule has 0 bridgehead atoms. The first kappa shape index (κ1) is 15.9. The summed E-state index contributed by atoms with van der Waals surface area (Å²) in [7, 11) is 1.56. The summed E-state index contributed by atoms with van der Waals surface area (Å²) in [6, 6.07) is 7.86. The lowest BCUT2D eigenvalue weighted by atomic mass is 10.2. The van der Waals surface area contributed by atoms with Crippen molar-refractivity contribution in [3.05, 3.63) is 60.2 Å². The molecule has 0 atom stereocenters. The van der Waals surface area contributed by atoms with E-state index in [0.717, 1.165) is 42.9 Å². The molecular formula is C20H19N5O2. The Kier molecular flexibility index (Phi) is 3.78. The van der Waals surface area contributed by atoms with Crippen LogP contribution in [0.25, 0.3) is 11.0 Å². The average molecular weight is 361 g/mol. The molecule has 0 fully saturated rings. The van der Waals surface area contributed by atoms with Gasteiger partial charge in [0, 0.05) is 50.1 Å².